The van der Waals surface area contributed by atoms with Gasteiger partial charge in [0.25, 0.3) is 0 Å². The van der Waals surface area contributed by atoms with Crippen molar-refractivity contribution >= 4 is 40.1 Å². The van der Waals surface area contributed by atoms with Gasteiger partial charge in [-0.05, 0) is 24.7 Å². The fourth-order valence-electron chi connectivity index (χ4n) is 2.83. The fraction of sp³-hybridized carbons (Fsp3) is 0.533. The number of benzene rings is 1. The highest BCUT2D eigenvalue weighted by molar-refractivity contribution is 7.83. The SMILES string of the molecule is CCN1CCN(C2=NCCN2S(=O)c2cc(Cl)ccc2Cl)CC1. The fourth-order valence-corrected chi connectivity index (χ4v) is 4.65. The monoisotopic (exact) mass is 374 g/mol. The number of aliphatic imine (C=N–C) groups is 1. The Kier molecular flexibility index (Phi) is 5.46. The quantitative estimate of drug-likeness (QED) is 0.814. The molecule has 0 spiro atoms. The van der Waals surface area contributed by atoms with Crippen molar-refractivity contribution in [3.63, 3.8) is 0 Å². The lowest BCUT2D eigenvalue weighted by atomic mass is 10.3. The predicted octanol–water partition coefficient (Wildman–Crippen LogP) is 2.33. The highest BCUT2D eigenvalue weighted by Crippen LogP contribution is 2.27. The third-order valence-electron chi connectivity index (χ3n) is 4.16. The first-order valence-corrected chi connectivity index (χ1v) is 9.62. The molecule has 0 aliphatic carbocycles. The number of halogens is 2. The van der Waals surface area contributed by atoms with Gasteiger partial charge >= 0.3 is 0 Å². The lowest BCUT2D eigenvalue weighted by molar-refractivity contribution is 0.184. The minimum atomic E-state index is -1.39. The van der Waals surface area contributed by atoms with Crippen LogP contribution < -0.4 is 0 Å². The highest BCUT2D eigenvalue weighted by Gasteiger charge is 2.30. The van der Waals surface area contributed by atoms with Crippen LogP contribution in [0.2, 0.25) is 10.0 Å². The molecular formula is C15H20Cl2N4OS. The van der Waals surface area contributed by atoms with Crippen molar-refractivity contribution in [1.82, 2.24) is 14.1 Å². The Morgan fingerprint density at radius 1 is 1.17 bits per heavy atom. The molecule has 1 aromatic rings. The molecule has 1 aromatic carbocycles. The zero-order valence-corrected chi connectivity index (χ0v) is 15.4. The average molecular weight is 375 g/mol. The lowest BCUT2D eigenvalue weighted by Crippen LogP contribution is -2.52. The molecule has 3 rings (SSSR count). The first-order valence-electron chi connectivity index (χ1n) is 7.76. The van der Waals surface area contributed by atoms with E-state index in [2.05, 4.69) is 21.7 Å². The second-order valence-corrected chi connectivity index (χ2v) is 7.75. The number of hydrogen-bond donors (Lipinski definition) is 0. The van der Waals surface area contributed by atoms with Gasteiger partial charge in [-0.2, -0.15) is 0 Å². The maximum absolute atomic E-state index is 13.0. The van der Waals surface area contributed by atoms with Crippen molar-refractivity contribution in [3.8, 4) is 0 Å². The summed E-state index contributed by atoms with van der Waals surface area (Å²) >= 11 is 12.2. The number of piperazine rings is 1. The molecule has 1 fully saturated rings. The molecule has 1 unspecified atom stereocenters. The highest BCUT2D eigenvalue weighted by atomic mass is 35.5. The van der Waals surface area contributed by atoms with Crippen LogP contribution in [0.25, 0.3) is 0 Å². The standard InChI is InChI=1S/C15H20Cl2N4OS/c1-2-19-7-9-20(10-8-19)15-18-5-6-21(15)23(22)14-11-12(16)3-4-13(14)17/h3-4,11H,2,5-10H2,1H3. The van der Waals surface area contributed by atoms with Gasteiger partial charge in [-0.15, -0.1) is 0 Å². The molecule has 23 heavy (non-hydrogen) atoms. The second kappa shape index (κ2) is 7.38. The summed E-state index contributed by atoms with van der Waals surface area (Å²) in [5.41, 5.74) is 0. The van der Waals surface area contributed by atoms with E-state index in [1.165, 1.54) is 0 Å². The van der Waals surface area contributed by atoms with Crippen LogP contribution in [0.3, 0.4) is 0 Å². The molecule has 0 amide bonds. The Morgan fingerprint density at radius 2 is 1.91 bits per heavy atom. The normalized spacial score (nSPS) is 20.7. The molecule has 1 atom stereocenters. The summed E-state index contributed by atoms with van der Waals surface area (Å²) in [5, 5.41) is 1.00. The van der Waals surface area contributed by atoms with E-state index in [4.69, 9.17) is 23.2 Å². The minimum absolute atomic E-state index is 0.467. The van der Waals surface area contributed by atoms with Crippen molar-refractivity contribution in [3.05, 3.63) is 28.2 Å². The van der Waals surface area contributed by atoms with Crippen LogP contribution in [-0.4, -0.2) is 70.1 Å². The summed E-state index contributed by atoms with van der Waals surface area (Å²) in [4.78, 5) is 9.74. The number of rotatable bonds is 3. The summed E-state index contributed by atoms with van der Waals surface area (Å²) in [5.74, 6) is 0.815. The minimum Gasteiger partial charge on any atom is -0.339 e. The van der Waals surface area contributed by atoms with Crippen LogP contribution in [-0.2, 0) is 11.0 Å². The van der Waals surface area contributed by atoms with E-state index in [9.17, 15) is 4.21 Å². The third-order valence-corrected chi connectivity index (χ3v) is 6.30. The maximum Gasteiger partial charge on any atom is 0.209 e. The van der Waals surface area contributed by atoms with Crippen LogP contribution in [0, 0.1) is 0 Å². The summed E-state index contributed by atoms with van der Waals surface area (Å²) in [7, 11) is -1.39. The van der Waals surface area contributed by atoms with Gasteiger partial charge in [-0.25, -0.2) is 4.21 Å². The molecule has 0 N–H and O–H groups in total. The van der Waals surface area contributed by atoms with Crippen LogP contribution in [0.1, 0.15) is 6.92 Å². The zero-order valence-electron chi connectivity index (χ0n) is 13.0. The molecule has 5 nitrogen and oxygen atoms in total. The average Bonchev–Trinajstić information content (AvgIpc) is 3.06. The van der Waals surface area contributed by atoms with Crippen molar-refractivity contribution in [2.75, 3.05) is 45.8 Å². The Hall–Kier alpha value is -0.820. The van der Waals surface area contributed by atoms with Gasteiger partial charge in [0.05, 0.1) is 23.0 Å². The third kappa shape index (κ3) is 3.65. The molecule has 0 saturated carbocycles. The van der Waals surface area contributed by atoms with Gasteiger partial charge in [-0.1, -0.05) is 30.1 Å². The first-order chi connectivity index (χ1) is 11.1. The second-order valence-electron chi connectivity index (χ2n) is 5.53. The van der Waals surface area contributed by atoms with Crippen molar-refractivity contribution < 1.29 is 4.21 Å². The van der Waals surface area contributed by atoms with Crippen LogP contribution in [0.4, 0.5) is 0 Å². The number of likely N-dealkylation sites (N-methyl/N-ethyl adjacent to an activating group) is 1. The Labute approximate surface area is 149 Å². The Bertz CT molecular complexity index is 632. The lowest BCUT2D eigenvalue weighted by Gasteiger charge is -2.37. The van der Waals surface area contributed by atoms with E-state index >= 15 is 0 Å². The van der Waals surface area contributed by atoms with Crippen LogP contribution in [0.5, 0.6) is 0 Å². The van der Waals surface area contributed by atoms with Gasteiger partial charge in [0.2, 0.25) is 5.96 Å². The summed E-state index contributed by atoms with van der Waals surface area (Å²) in [6, 6.07) is 5.06. The molecule has 8 heteroatoms. The molecule has 2 heterocycles. The van der Waals surface area contributed by atoms with E-state index in [0.29, 0.717) is 28.0 Å². The van der Waals surface area contributed by atoms with Gasteiger partial charge in [-0.3, -0.25) is 9.30 Å². The topological polar surface area (TPSA) is 39.1 Å². The zero-order chi connectivity index (χ0) is 16.4. The van der Waals surface area contributed by atoms with Crippen molar-refractivity contribution in [2.24, 2.45) is 4.99 Å². The Morgan fingerprint density at radius 3 is 2.61 bits per heavy atom. The van der Waals surface area contributed by atoms with Crippen molar-refractivity contribution in [2.45, 2.75) is 11.8 Å². The van der Waals surface area contributed by atoms with Gasteiger partial charge in [0, 0.05) is 31.2 Å². The van der Waals surface area contributed by atoms with Crippen LogP contribution in [0.15, 0.2) is 28.1 Å². The molecule has 0 radical (unpaired) electrons. The van der Waals surface area contributed by atoms with Gasteiger partial charge < -0.3 is 9.80 Å². The van der Waals surface area contributed by atoms with E-state index in [1.54, 1.807) is 18.2 Å². The first kappa shape index (κ1) is 17.0. The number of hydrogen-bond acceptors (Lipinski definition) is 4. The summed E-state index contributed by atoms with van der Waals surface area (Å²) in [6.07, 6.45) is 0. The number of guanidine groups is 1. The number of nitrogens with zero attached hydrogens (tertiary/aromatic N) is 4. The largest absolute Gasteiger partial charge is 0.339 e. The Balaban J connectivity index is 1.76. The van der Waals surface area contributed by atoms with Crippen molar-refractivity contribution in [1.29, 1.82) is 0 Å². The van der Waals surface area contributed by atoms with E-state index in [-0.39, 0.29) is 0 Å². The maximum atomic E-state index is 13.0. The smallest absolute Gasteiger partial charge is 0.209 e. The van der Waals surface area contributed by atoms with Crippen LogP contribution >= 0.6 is 23.2 Å². The molecule has 126 valence electrons. The molecule has 0 bridgehead atoms. The van der Waals surface area contributed by atoms with Gasteiger partial charge in [0.1, 0.15) is 0 Å². The predicted molar refractivity (Wildman–Crippen MR) is 95.6 cm³/mol. The summed E-state index contributed by atoms with van der Waals surface area (Å²) in [6.45, 7) is 8.36. The van der Waals surface area contributed by atoms with E-state index < -0.39 is 11.0 Å². The molecule has 2 aliphatic heterocycles. The van der Waals surface area contributed by atoms with E-state index in [1.807, 2.05) is 4.31 Å². The molecule has 1 saturated heterocycles. The molecular weight excluding hydrogens is 355 g/mol. The molecule has 2 aliphatic rings. The van der Waals surface area contributed by atoms with Gasteiger partial charge in [0.15, 0.2) is 11.0 Å². The molecule has 0 aromatic heterocycles. The van der Waals surface area contributed by atoms with E-state index in [0.717, 1.165) is 38.7 Å². The summed E-state index contributed by atoms with van der Waals surface area (Å²) < 4.78 is 14.8.